The molecular weight excluding hydrogens is 232 g/mol. The van der Waals surface area contributed by atoms with E-state index in [-0.39, 0.29) is 5.78 Å². The third-order valence-corrected chi connectivity index (χ3v) is 2.21. The summed E-state index contributed by atoms with van der Waals surface area (Å²) in [5, 5.41) is 0. The molecule has 0 heterocycles. The van der Waals surface area contributed by atoms with E-state index in [4.69, 9.17) is 4.74 Å². The minimum atomic E-state index is 0.180. The number of ketones is 1. The molecule has 0 spiro atoms. The number of rotatable bonds is 3. The molecule has 0 bridgehead atoms. The fraction of sp³-hybridized carbons (Fsp3) is 0.300. The number of halogens is 1. The van der Waals surface area contributed by atoms with Gasteiger partial charge in [0.25, 0.3) is 0 Å². The molecule has 0 aromatic rings. The Kier molecular flexibility index (Phi) is 3.09. The summed E-state index contributed by atoms with van der Waals surface area (Å²) in [6.07, 6.45) is 1.29. The Labute approximate surface area is 86.1 Å². The van der Waals surface area contributed by atoms with Crippen molar-refractivity contribution >= 4 is 21.7 Å². The summed E-state index contributed by atoms with van der Waals surface area (Å²) in [5.41, 5.74) is 1.67. The molecule has 0 unspecified atom stereocenters. The van der Waals surface area contributed by atoms with Gasteiger partial charge in [-0.1, -0.05) is 6.58 Å². The van der Waals surface area contributed by atoms with Crippen LogP contribution in [0.5, 0.6) is 0 Å². The third kappa shape index (κ3) is 2.31. The van der Waals surface area contributed by atoms with Crippen LogP contribution in [0.2, 0.25) is 0 Å². The van der Waals surface area contributed by atoms with Crippen molar-refractivity contribution in [3.63, 3.8) is 0 Å². The smallest absolute Gasteiger partial charge is 0.162 e. The van der Waals surface area contributed by atoms with E-state index in [2.05, 4.69) is 29.1 Å². The standard InChI is InChI=1S/C10H11BrO2/c1-6-9(4-5-10(6)12)7(2)13-8(3)11/h2-5H2,1H3. The summed E-state index contributed by atoms with van der Waals surface area (Å²) >= 11 is 3.07. The average Bonchev–Trinajstić information content (AvgIpc) is 2.31. The lowest BCUT2D eigenvalue weighted by Crippen LogP contribution is -1.93. The highest BCUT2D eigenvalue weighted by molar-refractivity contribution is 9.11. The number of carbonyl (C=O) groups is 1. The normalized spacial score (nSPS) is 16.3. The first kappa shape index (κ1) is 10.3. The molecule has 0 N–H and O–H groups in total. The minimum absolute atomic E-state index is 0.180. The van der Waals surface area contributed by atoms with Crippen LogP contribution >= 0.6 is 15.9 Å². The lowest BCUT2D eigenvalue weighted by molar-refractivity contribution is -0.114. The Morgan fingerprint density at radius 3 is 2.46 bits per heavy atom. The molecule has 0 radical (unpaired) electrons. The minimum Gasteiger partial charge on any atom is -0.451 e. The monoisotopic (exact) mass is 242 g/mol. The van der Waals surface area contributed by atoms with E-state index < -0.39 is 0 Å². The van der Waals surface area contributed by atoms with Gasteiger partial charge in [0.2, 0.25) is 0 Å². The van der Waals surface area contributed by atoms with Gasteiger partial charge >= 0.3 is 0 Å². The first-order chi connectivity index (χ1) is 6.02. The lowest BCUT2D eigenvalue weighted by Gasteiger charge is -2.07. The lowest BCUT2D eigenvalue weighted by atomic mass is 10.1. The van der Waals surface area contributed by atoms with E-state index in [0.717, 1.165) is 17.6 Å². The zero-order valence-electron chi connectivity index (χ0n) is 7.52. The third-order valence-electron chi connectivity index (χ3n) is 2.04. The topological polar surface area (TPSA) is 26.3 Å². The first-order valence-corrected chi connectivity index (χ1v) is 4.76. The van der Waals surface area contributed by atoms with Gasteiger partial charge in [-0.2, -0.15) is 0 Å². The molecule has 0 fully saturated rings. The van der Waals surface area contributed by atoms with Gasteiger partial charge in [-0.25, -0.2) is 0 Å². The second kappa shape index (κ2) is 3.92. The zero-order chi connectivity index (χ0) is 10.0. The largest absolute Gasteiger partial charge is 0.451 e. The molecule has 1 aliphatic carbocycles. The van der Waals surface area contributed by atoms with E-state index in [1.807, 2.05) is 0 Å². The van der Waals surface area contributed by atoms with Crippen molar-refractivity contribution in [3.8, 4) is 0 Å². The molecule has 70 valence electrons. The highest BCUT2D eigenvalue weighted by Crippen LogP contribution is 2.29. The molecule has 0 amide bonds. The number of hydrogen-bond donors (Lipinski definition) is 0. The maximum atomic E-state index is 11.2. The fourth-order valence-electron chi connectivity index (χ4n) is 1.33. The second-order valence-electron chi connectivity index (χ2n) is 2.91. The Morgan fingerprint density at radius 2 is 2.08 bits per heavy atom. The van der Waals surface area contributed by atoms with Crippen LogP contribution in [-0.4, -0.2) is 5.78 Å². The van der Waals surface area contributed by atoms with Crippen molar-refractivity contribution in [2.24, 2.45) is 0 Å². The van der Waals surface area contributed by atoms with Crippen LogP contribution < -0.4 is 0 Å². The van der Waals surface area contributed by atoms with Crippen molar-refractivity contribution in [1.82, 2.24) is 0 Å². The van der Waals surface area contributed by atoms with Crippen LogP contribution in [0.1, 0.15) is 19.8 Å². The average molecular weight is 243 g/mol. The predicted molar refractivity (Wildman–Crippen MR) is 55.2 cm³/mol. The number of ether oxygens (including phenoxy) is 1. The van der Waals surface area contributed by atoms with Gasteiger partial charge in [-0.15, -0.1) is 0 Å². The van der Waals surface area contributed by atoms with Crippen LogP contribution in [0, 0.1) is 0 Å². The van der Waals surface area contributed by atoms with Gasteiger partial charge in [0.05, 0.1) is 0 Å². The molecule has 0 saturated carbocycles. The maximum Gasteiger partial charge on any atom is 0.162 e. The van der Waals surface area contributed by atoms with Gasteiger partial charge in [0, 0.05) is 12.0 Å². The Morgan fingerprint density at radius 1 is 1.46 bits per heavy atom. The molecule has 1 rings (SSSR count). The quantitative estimate of drug-likeness (QED) is 0.712. The van der Waals surface area contributed by atoms with E-state index in [1.54, 1.807) is 6.92 Å². The van der Waals surface area contributed by atoms with Crippen LogP contribution in [0.3, 0.4) is 0 Å². The number of Topliss-reactive ketones (excluding diaryl/α,β-unsaturated/α-hetero) is 1. The van der Waals surface area contributed by atoms with Gasteiger partial charge in [-0.3, -0.25) is 4.79 Å². The summed E-state index contributed by atoms with van der Waals surface area (Å²) in [6.45, 7) is 9.08. The van der Waals surface area contributed by atoms with Crippen LogP contribution in [0.4, 0.5) is 0 Å². The molecular formula is C10H11BrO2. The summed E-state index contributed by atoms with van der Waals surface area (Å²) in [5.74, 6) is 0.699. The predicted octanol–water partition coefficient (Wildman–Crippen LogP) is 3.06. The molecule has 0 aromatic heterocycles. The number of allylic oxidation sites excluding steroid dienone is 2. The summed E-state index contributed by atoms with van der Waals surface area (Å²) in [4.78, 5) is 11.2. The fourth-order valence-corrected chi connectivity index (χ4v) is 1.52. The SMILES string of the molecule is C=C(Br)OC(=C)C1=C(C)C(=O)CC1. The number of hydrogen-bond acceptors (Lipinski definition) is 2. The first-order valence-electron chi connectivity index (χ1n) is 3.97. The molecule has 0 saturated heterocycles. The molecule has 0 aromatic carbocycles. The van der Waals surface area contributed by atoms with Gasteiger partial charge < -0.3 is 4.74 Å². The van der Waals surface area contributed by atoms with E-state index >= 15 is 0 Å². The molecule has 2 nitrogen and oxygen atoms in total. The van der Waals surface area contributed by atoms with Crippen LogP contribution in [-0.2, 0) is 9.53 Å². The van der Waals surface area contributed by atoms with Crippen molar-refractivity contribution in [2.45, 2.75) is 19.8 Å². The summed E-state index contributed by atoms with van der Waals surface area (Å²) in [7, 11) is 0. The van der Waals surface area contributed by atoms with Crippen LogP contribution in [0.15, 0.2) is 34.7 Å². The highest BCUT2D eigenvalue weighted by atomic mass is 79.9. The Hall–Kier alpha value is -0.830. The highest BCUT2D eigenvalue weighted by Gasteiger charge is 2.21. The Bertz CT molecular complexity index is 313. The zero-order valence-corrected chi connectivity index (χ0v) is 9.11. The molecule has 0 aliphatic heterocycles. The van der Waals surface area contributed by atoms with Gasteiger partial charge in [-0.05, 0) is 41.4 Å². The molecule has 3 heteroatoms. The molecule has 0 atom stereocenters. The van der Waals surface area contributed by atoms with Crippen molar-refractivity contribution in [1.29, 1.82) is 0 Å². The molecule has 1 aliphatic rings. The summed E-state index contributed by atoms with van der Waals surface area (Å²) in [6, 6.07) is 0. The molecule has 13 heavy (non-hydrogen) atoms. The summed E-state index contributed by atoms with van der Waals surface area (Å²) < 4.78 is 5.58. The van der Waals surface area contributed by atoms with Crippen molar-refractivity contribution < 1.29 is 9.53 Å². The Balaban J connectivity index is 2.78. The second-order valence-corrected chi connectivity index (χ2v) is 3.79. The van der Waals surface area contributed by atoms with Gasteiger partial charge in [0.1, 0.15) is 5.76 Å². The van der Waals surface area contributed by atoms with E-state index in [1.165, 1.54) is 0 Å². The van der Waals surface area contributed by atoms with Crippen LogP contribution in [0.25, 0.3) is 0 Å². The van der Waals surface area contributed by atoms with E-state index in [0.29, 0.717) is 16.8 Å². The van der Waals surface area contributed by atoms with E-state index in [9.17, 15) is 4.79 Å². The van der Waals surface area contributed by atoms with Crippen molar-refractivity contribution in [2.75, 3.05) is 0 Å². The number of carbonyl (C=O) groups excluding carboxylic acids is 1. The van der Waals surface area contributed by atoms with Gasteiger partial charge in [0.15, 0.2) is 10.5 Å². The maximum absolute atomic E-state index is 11.2. The van der Waals surface area contributed by atoms with Crippen molar-refractivity contribution in [3.05, 3.63) is 34.7 Å².